The Hall–Kier alpha value is -4.10. The van der Waals surface area contributed by atoms with Crippen LogP contribution in [0.1, 0.15) is 72.2 Å². The van der Waals surface area contributed by atoms with E-state index in [1.807, 2.05) is 45.4 Å². The summed E-state index contributed by atoms with van der Waals surface area (Å²) in [5, 5.41) is 26.1. The van der Waals surface area contributed by atoms with Crippen molar-refractivity contribution in [3.63, 3.8) is 0 Å². The van der Waals surface area contributed by atoms with Gasteiger partial charge in [0.2, 0.25) is 10.0 Å². The molecule has 1 atom stereocenters. The largest absolute Gasteiger partial charge is 0.492 e. The Morgan fingerprint density at radius 3 is 2.40 bits per heavy atom. The molecular weight excluding hydrogens is 558 g/mol. The van der Waals surface area contributed by atoms with E-state index >= 15 is 0 Å². The van der Waals surface area contributed by atoms with E-state index in [9.17, 15) is 18.3 Å². The number of aryl methyl sites for hydroxylation is 1. The van der Waals surface area contributed by atoms with E-state index < -0.39 is 27.1 Å². The van der Waals surface area contributed by atoms with Gasteiger partial charge in [0.25, 0.3) is 5.91 Å². The highest BCUT2D eigenvalue weighted by atomic mass is 32.2. The number of nitrogens with zero attached hydrogens (tertiary/aromatic N) is 5. The van der Waals surface area contributed by atoms with Gasteiger partial charge in [0.1, 0.15) is 11.4 Å². The van der Waals surface area contributed by atoms with E-state index in [2.05, 4.69) is 30.5 Å². The van der Waals surface area contributed by atoms with Crippen molar-refractivity contribution < 1.29 is 23.1 Å². The van der Waals surface area contributed by atoms with Crippen molar-refractivity contribution in [2.24, 2.45) is 22.5 Å². The number of ether oxygens (including phenoxy) is 1. The average molecular weight is 594 g/mol. The van der Waals surface area contributed by atoms with Crippen LogP contribution in [0.15, 0.2) is 52.0 Å². The molecule has 0 radical (unpaired) electrons. The van der Waals surface area contributed by atoms with Crippen molar-refractivity contribution in [1.29, 1.82) is 0 Å². The molecule has 3 aromatic rings. The lowest BCUT2D eigenvalue weighted by Crippen LogP contribution is -2.30. The number of aliphatic hydroxyl groups is 1. The summed E-state index contributed by atoms with van der Waals surface area (Å²) in [5.41, 5.74) is 1.36. The molecule has 1 aliphatic heterocycles. The molecule has 1 aliphatic carbocycles. The third kappa shape index (κ3) is 5.29. The number of carbonyl (C=O) groups is 1. The Balaban J connectivity index is 1.56. The maximum absolute atomic E-state index is 13.7. The molecule has 13 heteroatoms. The van der Waals surface area contributed by atoms with Gasteiger partial charge in [-0.3, -0.25) is 9.52 Å². The predicted octanol–water partition coefficient (Wildman–Crippen LogP) is 4.34. The molecular formula is C29H35N7O5S. The van der Waals surface area contributed by atoms with E-state index in [-0.39, 0.29) is 16.9 Å². The number of anilines is 2. The lowest BCUT2D eigenvalue weighted by Gasteiger charge is -2.26. The van der Waals surface area contributed by atoms with E-state index in [4.69, 9.17) is 4.74 Å². The number of hydrogen-bond donors (Lipinski definition) is 3. The quantitative estimate of drug-likeness (QED) is 0.352. The number of hydrogen-bond acceptors (Lipinski definition) is 9. The molecule has 1 fully saturated rings. The number of rotatable bonds is 8. The standard InChI is InChI=1S/C29H35N7O5S/c1-17-8-9-18(12-20(17)29(16-31-35-34-29)23-15-30-26(36(23)5)28(38)10-11-28)25(37)32-21-13-19(27(2,3)4)14-22(24(21)41-6)33-42(7,39)40/h8-9,12-16,33,38H,10-11H2,1-7H3,(H,32,37). The number of aromatic nitrogens is 2. The number of sulfonamides is 1. The third-order valence-electron chi connectivity index (χ3n) is 7.63. The average Bonchev–Trinajstić information content (AvgIpc) is 3.27. The fourth-order valence-corrected chi connectivity index (χ4v) is 5.72. The Morgan fingerprint density at radius 1 is 1.14 bits per heavy atom. The highest BCUT2D eigenvalue weighted by Crippen LogP contribution is 2.46. The Kier molecular flexibility index (Phi) is 7.01. The minimum absolute atomic E-state index is 0.183. The fourth-order valence-electron chi connectivity index (χ4n) is 5.17. The molecule has 1 amide bonds. The molecule has 0 spiro atoms. The number of carbonyl (C=O) groups excluding carboxylic acids is 1. The van der Waals surface area contributed by atoms with Crippen LogP contribution >= 0.6 is 0 Å². The fraction of sp³-hybridized carbons (Fsp3) is 0.414. The van der Waals surface area contributed by atoms with E-state index in [1.165, 1.54) is 7.11 Å². The normalized spacial score (nSPS) is 19.1. The first kappa shape index (κ1) is 29.4. The molecule has 0 bridgehead atoms. The summed E-state index contributed by atoms with van der Waals surface area (Å²) in [6.45, 7) is 7.87. The van der Waals surface area contributed by atoms with Crippen LogP contribution in [0.2, 0.25) is 0 Å². The highest BCUT2D eigenvalue weighted by Gasteiger charge is 2.48. The van der Waals surface area contributed by atoms with Crippen LogP contribution in [0.25, 0.3) is 0 Å². The number of nitrogens with one attached hydrogen (secondary N) is 2. The minimum atomic E-state index is -3.63. The summed E-state index contributed by atoms with van der Waals surface area (Å²) in [5.74, 6) is 0.289. The zero-order valence-corrected chi connectivity index (χ0v) is 25.5. The number of benzene rings is 2. The van der Waals surface area contributed by atoms with Crippen molar-refractivity contribution in [2.75, 3.05) is 23.4 Å². The van der Waals surface area contributed by atoms with Gasteiger partial charge in [0, 0.05) is 12.6 Å². The maximum Gasteiger partial charge on any atom is 0.255 e. The number of imidazole rings is 1. The summed E-state index contributed by atoms with van der Waals surface area (Å²) in [4.78, 5) is 18.2. The summed E-state index contributed by atoms with van der Waals surface area (Å²) in [6, 6.07) is 8.73. The van der Waals surface area contributed by atoms with Crippen LogP contribution in [0.5, 0.6) is 5.75 Å². The Labute approximate surface area is 245 Å². The summed E-state index contributed by atoms with van der Waals surface area (Å²) in [7, 11) is -0.397. The molecule has 5 rings (SSSR count). The minimum Gasteiger partial charge on any atom is -0.492 e. The van der Waals surface area contributed by atoms with Gasteiger partial charge in [-0.1, -0.05) is 26.8 Å². The molecule has 2 aliphatic rings. The van der Waals surface area contributed by atoms with Crippen LogP contribution in [-0.2, 0) is 33.6 Å². The van der Waals surface area contributed by atoms with Crippen molar-refractivity contribution in [3.8, 4) is 5.75 Å². The summed E-state index contributed by atoms with van der Waals surface area (Å²) < 4.78 is 34.1. The molecule has 3 N–H and O–H groups in total. The lowest BCUT2D eigenvalue weighted by atomic mass is 9.84. The van der Waals surface area contributed by atoms with Crippen LogP contribution in [0, 0.1) is 6.92 Å². The van der Waals surface area contributed by atoms with Crippen LogP contribution in [0.4, 0.5) is 11.4 Å². The molecule has 1 unspecified atom stereocenters. The molecule has 2 aromatic carbocycles. The summed E-state index contributed by atoms with van der Waals surface area (Å²) in [6.07, 6.45) is 5.59. The van der Waals surface area contributed by atoms with E-state index in [0.29, 0.717) is 41.2 Å². The zero-order valence-electron chi connectivity index (χ0n) is 24.7. The topological polar surface area (TPSA) is 160 Å². The second-order valence-corrected chi connectivity index (χ2v) is 13.7. The van der Waals surface area contributed by atoms with Gasteiger partial charge in [-0.15, -0.1) is 10.2 Å². The first-order valence-electron chi connectivity index (χ1n) is 13.4. The highest BCUT2D eigenvalue weighted by molar-refractivity contribution is 7.92. The third-order valence-corrected chi connectivity index (χ3v) is 8.22. The van der Waals surface area contributed by atoms with Gasteiger partial charge in [-0.05, 0) is 71.4 Å². The van der Waals surface area contributed by atoms with Gasteiger partial charge in [0.05, 0.1) is 42.8 Å². The molecule has 42 heavy (non-hydrogen) atoms. The molecule has 222 valence electrons. The second kappa shape index (κ2) is 10.0. The Morgan fingerprint density at radius 2 is 1.83 bits per heavy atom. The number of methoxy groups -OCH3 is 1. The van der Waals surface area contributed by atoms with Crippen LogP contribution in [0.3, 0.4) is 0 Å². The van der Waals surface area contributed by atoms with Crippen molar-refractivity contribution in [2.45, 2.75) is 57.1 Å². The van der Waals surface area contributed by atoms with Gasteiger partial charge < -0.3 is 19.7 Å². The van der Waals surface area contributed by atoms with Gasteiger partial charge in [-0.2, -0.15) is 0 Å². The SMILES string of the molecule is COc1c(NC(=O)c2ccc(C)c(C3(c4cnc(C5(O)CC5)n4C)C=NN=N3)c2)cc(C(C)(C)C)cc1NS(C)(=O)=O. The zero-order chi connectivity index (χ0) is 30.7. The van der Waals surface area contributed by atoms with Gasteiger partial charge >= 0.3 is 0 Å². The monoisotopic (exact) mass is 593 g/mol. The molecule has 1 saturated carbocycles. The van der Waals surface area contributed by atoms with Crippen molar-refractivity contribution in [3.05, 3.63) is 70.3 Å². The maximum atomic E-state index is 13.7. The van der Waals surface area contributed by atoms with Crippen LogP contribution < -0.4 is 14.8 Å². The smallest absolute Gasteiger partial charge is 0.255 e. The lowest BCUT2D eigenvalue weighted by molar-refractivity contribution is 0.102. The predicted molar refractivity (Wildman–Crippen MR) is 160 cm³/mol. The molecule has 2 heterocycles. The Bertz CT molecular complexity index is 1740. The molecule has 12 nitrogen and oxygen atoms in total. The van der Waals surface area contributed by atoms with Crippen molar-refractivity contribution >= 4 is 33.5 Å². The number of amides is 1. The first-order valence-corrected chi connectivity index (χ1v) is 15.3. The second-order valence-electron chi connectivity index (χ2n) is 12.0. The molecule has 1 aromatic heterocycles. The van der Waals surface area contributed by atoms with E-state index in [0.717, 1.165) is 17.4 Å². The van der Waals surface area contributed by atoms with Crippen molar-refractivity contribution in [1.82, 2.24) is 9.55 Å². The van der Waals surface area contributed by atoms with E-state index in [1.54, 1.807) is 36.7 Å². The summed E-state index contributed by atoms with van der Waals surface area (Å²) >= 11 is 0. The van der Waals surface area contributed by atoms with Gasteiger partial charge in [0.15, 0.2) is 11.3 Å². The van der Waals surface area contributed by atoms with Crippen LogP contribution in [-0.4, -0.2) is 48.6 Å². The first-order chi connectivity index (χ1) is 19.6. The molecule has 0 saturated heterocycles. The van der Waals surface area contributed by atoms with Gasteiger partial charge in [-0.25, -0.2) is 13.4 Å².